The van der Waals surface area contributed by atoms with E-state index in [2.05, 4.69) is 27.3 Å². The van der Waals surface area contributed by atoms with Gasteiger partial charge in [0.15, 0.2) is 11.5 Å². The lowest BCUT2D eigenvalue weighted by atomic mass is 9.73. The van der Waals surface area contributed by atoms with E-state index in [1.807, 2.05) is 48.5 Å². The molecular formula is C30H34N6O3. The molecule has 0 radical (unpaired) electrons. The van der Waals surface area contributed by atoms with Gasteiger partial charge in [0.2, 0.25) is 11.9 Å². The minimum atomic E-state index is -0.551. The van der Waals surface area contributed by atoms with E-state index in [1.54, 1.807) is 20.3 Å². The van der Waals surface area contributed by atoms with E-state index in [0.29, 0.717) is 78.8 Å². The number of ether oxygens (including phenoxy) is 2. The molecule has 0 bridgehead atoms. The van der Waals surface area contributed by atoms with Crippen LogP contribution >= 0.6 is 0 Å². The summed E-state index contributed by atoms with van der Waals surface area (Å²) >= 11 is 0. The van der Waals surface area contributed by atoms with E-state index in [9.17, 15) is 4.79 Å². The lowest BCUT2D eigenvalue weighted by Crippen LogP contribution is -2.50. The molecule has 1 amide bonds. The molecule has 0 aliphatic carbocycles. The molecule has 5 rings (SSSR count). The fourth-order valence-electron chi connectivity index (χ4n) is 5.22. The fraction of sp³-hybridized carbons (Fsp3) is 0.300. The number of aromatic nitrogens is 2. The summed E-state index contributed by atoms with van der Waals surface area (Å²) in [5.41, 5.74) is 15.1. The van der Waals surface area contributed by atoms with Gasteiger partial charge in [0.05, 0.1) is 25.2 Å². The van der Waals surface area contributed by atoms with Gasteiger partial charge in [-0.3, -0.25) is 4.79 Å². The van der Waals surface area contributed by atoms with Crippen molar-refractivity contribution in [1.82, 2.24) is 15.3 Å². The van der Waals surface area contributed by atoms with Crippen molar-refractivity contribution in [3.8, 4) is 11.5 Å². The highest BCUT2D eigenvalue weighted by molar-refractivity contribution is 5.92. The van der Waals surface area contributed by atoms with Crippen molar-refractivity contribution in [3.63, 3.8) is 0 Å². The maximum absolute atomic E-state index is 13.7. The third-order valence-corrected chi connectivity index (χ3v) is 7.52. The van der Waals surface area contributed by atoms with E-state index in [1.165, 1.54) is 0 Å². The van der Waals surface area contributed by atoms with Gasteiger partial charge in [0.25, 0.3) is 0 Å². The van der Waals surface area contributed by atoms with Gasteiger partial charge in [0, 0.05) is 36.8 Å². The predicted molar refractivity (Wildman–Crippen MR) is 154 cm³/mol. The van der Waals surface area contributed by atoms with E-state index < -0.39 is 5.41 Å². The highest BCUT2D eigenvalue weighted by atomic mass is 16.5. The number of nitrogens with zero attached hydrogens (tertiary/aromatic N) is 3. The molecule has 1 aliphatic heterocycles. The Hall–Kier alpha value is -4.53. The third kappa shape index (κ3) is 5.52. The number of anilines is 3. The average molecular weight is 527 g/mol. The summed E-state index contributed by atoms with van der Waals surface area (Å²) in [4.78, 5) is 25.2. The zero-order valence-corrected chi connectivity index (χ0v) is 22.3. The Morgan fingerprint density at radius 2 is 1.59 bits per heavy atom. The zero-order valence-electron chi connectivity index (χ0n) is 22.3. The largest absolute Gasteiger partial charge is 0.493 e. The first kappa shape index (κ1) is 26.1. The maximum Gasteiger partial charge on any atom is 0.227 e. The molecule has 9 nitrogen and oxygen atoms in total. The van der Waals surface area contributed by atoms with Crippen molar-refractivity contribution in [2.75, 3.05) is 43.7 Å². The Kier molecular flexibility index (Phi) is 7.40. The van der Waals surface area contributed by atoms with Crippen LogP contribution in [0.4, 0.5) is 17.5 Å². The number of piperidine rings is 1. The number of nitrogens with one attached hydrogen (secondary N) is 1. The SMILES string of the molecule is COc1cc2nc(N3CCC(Cc4ccccc4)(C(=O)NCc4ccc(N)cc4)CC3)nc(N)c2cc1OC. The number of carbonyl (C=O) groups excluding carboxylic acids is 1. The number of hydrogen-bond donors (Lipinski definition) is 3. The number of amides is 1. The van der Waals surface area contributed by atoms with Crippen LogP contribution in [0.2, 0.25) is 0 Å². The van der Waals surface area contributed by atoms with Gasteiger partial charge in [-0.25, -0.2) is 4.98 Å². The topological polar surface area (TPSA) is 129 Å². The molecule has 1 saturated heterocycles. The molecule has 0 unspecified atom stereocenters. The van der Waals surface area contributed by atoms with Gasteiger partial charge in [-0.2, -0.15) is 4.98 Å². The number of nitrogens with two attached hydrogens (primary N) is 2. The van der Waals surface area contributed by atoms with Crippen LogP contribution in [0.1, 0.15) is 24.0 Å². The van der Waals surface area contributed by atoms with E-state index in [0.717, 1.165) is 11.1 Å². The molecule has 1 aromatic heterocycles. The predicted octanol–water partition coefficient (Wildman–Crippen LogP) is 3.96. The number of methoxy groups -OCH3 is 2. The van der Waals surface area contributed by atoms with Crippen LogP contribution in [0, 0.1) is 5.41 Å². The van der Waals surface area contributed by atoms with Crippen LogP contribution in [-0.2, 0) is 17.8 Å². The number of nitrogen functional groups attached to an aromatic ring is 2. The summed E-state index contributed by atoms with van der Waals surface area (Å²) in [5.74, 6) is 2.12. The van der Waals surface area contributed by atoms with Crippen molar-refractivity contribution >= 4 is 34.3 Å². The quantitative estimate of drug-likeness (QED) is 0.294. The van der Waals surface area contributed by atoms with Gasteiger partial charge < -0.3 is 31.2 Å². The molecule has 1 aliphatic rings. The van der Waals surface area contributed by atoms with E-state index >= 15 is 0 Å². The molecule has 4 aromatic rings. The second-order valence-electron chi connectivity index (χ2n) is 9.99. The summed E-state index contributed by atoms with van der Waals surface area (Å²) in [6, 6.07) is 21.4. The molecule has 9 heteroatoms. The first-order valence-corrected chi connectivity index (χ1v) is 13.0. The third-order valence-electron chi connectivity index (χ3n) is 7.52. The monoisotopic (exact) mass is 526 g/mol. The Morgan fingerprint density at radius 3 is 2.26 bits per heavy atom. The Bertz CT molecular complexity index is 1450. The van der Waals surface area contributed by atoms with Gasteiger partial charge >= 0.3 is 0 Å². The fourth-order valence-corrected chi connectivity index (χ4v) is 5.22. The first-order chi connectivity index (χ1) is 18.9. The molecule has 3 aromatic carbocycles. The van der Waals surface area contributed by atoms with Crippen molar-refractivity contribution in [3.05, 3.63) is 77.9 Å². The molecule has 39 heavy (non-hydrogen) atoms. The summed E-state index contributed by atoms with van der Waals surface area (Å²) in [5, 5.41) is 3.89. The second kappa shape index (κ2) is 11.1. The van der Waals surface area contributed by atoms with Crippen LogP contribution in [0.5, 0.6) is 11.5 Å². The summed E-state index contributed by atoms with van der Waals surface area (Å²) in [6.07, 6.45) is 1.97. The second-order valence-corrected chi connectivity index (χ2v) is 9.99. The average Bonchev–Trinajstić information content (AvgIpc) is 2.96. The van der Waals surface area contributed by atoms with Gasteiger partial charge in [0.1, 0.15) is 5.82 Å². The molecule has 0 saturated carbocycles. The van der Waals surface area contributed by atoms with Crippen LogP contribution in [0.15, 0.2) is 66.7 Å². The Labute approximate surface area is 228 Å². The number of benzene rings is 3. The number of rotatable bonds is 8. The molecule has 2 heterocycles. The van der Waals surface area contributed by atoms with Gasteiger partial charge in [-0.1, -0.05) is 42.5 Å². The summed E-state index contributed by atoms with van der Waals surface area (Å²) in [7, 11) is 3.17. The van der Waals surface area contributed by atoms with Crippen molar-refractivity contribution in [2.24, 2.45) is 5.41 Å². The van der Waals surface area contributed by atoms with Gasteiger partial charge in [-0.05, 0) is 48.6 Å². The Balaban J connectivity index is 1.37. The normalized spacial score (nSPS) is 14.7. The maximum atomic E-state index is 13.7. The minimum Gasteiger partial charge on any atom is -0.493 e. The van der Waals surface area contributed by atoms with Crippen molar-refractivity contribution in [1.29, 1.82) is 0 Å². The number of hydrogen-bond acceptors (Lipinski definition) is 8. The molecular weight excluding hydrogens is 492 g/mol. The lowest BCUT2D eigenvalue weighted by molar-refractivity contribution is -0.132. The molecule has 202 valence electrons. The Morgan fingerprint density at radius 1 is 0.923 bits per heavy atom. The number of carbonyl (C=O) groups is 1. The van der Waals surface area contributed by atoms with Crippen molar-refractivity contribution in [2.45, 2.75) is 25.8 Å². The molecule has 0 atom stereocenters. The van der Waals surface area contributed by atoms with Gasteiger partial charge in [-0.15, -0.1) is 0 Å². The number of fused-ring (bicyclic) bond motifs is 1. The van der Waals surface area contributed by atoms with Crippen molar-refractivity contribution < 1.29 is 14.3 Å². The van der Waals surface area contributed by atoms with Crippen LogP contribution in [0.25, 0.3) is 10.9 Å². The molecule has 5 N–H and O–H groups in total. The van der Waals surface area contributed by atoms with Crippen LogP contribution < -0.4 is 31.2 Å². The first-order valence-electron chi connectivity index (χ1n) is 13.0. The summed E-state index contributed by atoms with van der Waals surface area (Å²) < 4.78 is 10.9. The zero-order chi connectivity index (χ0) is 27.4. The smallest absolute Gasteiger partial charge is 0.227 e. The van der Waals surface area contributed by atoms with Crippen LogP contribution in [0.3, 0.4) is 0 Å². The molecule has 0 spiro atoms. The van der Waals surface area contributed by atoms with E-state index in [4.69, 9.17) is 25.9 Å². The van der Waals surface area contributed by atoms with E-state index in [-0.39, 0.29) is 5.91 Å². The minimum absolute atomic E-state index is 0.0543. The lowest BCUT2D eigenvalue weighted by Gasteiger charge is -2.41. The highest BCUT2D eigenvalue weighted by Gasteiger charge is 2.42. The standard InChI is InChI=1S/C30H34N6O3/c1-38-25-16-23-24(17-26(25)39-2)34-29(35-27(23)32)36-14-12-30(13-15-36,18-20-6-4-3-5-7-20)28(37)33-19-21-8-10-22(31)11-9-21/h3-11,16-17H,12-15,18-19,31H2,1-2H3,(H,33,37)(H2,32,34,35). The summed E-state index contributed by atoms with van der Waals surface area (Å²) in [6.45, 7) is 1.70. The van der Waals surface area contributed by atoms with Crippen LogP contribution in [-0.4, -0.2) is 43.2 Å². The highest BCUT2D eigenvalue weighted by Crippen LogP contribution is 2.38. The molecule has 1 fully saturated rings.